The minimum atomic E-state index is -0.671. The average Bonchev–Trinajstić information content (AvgIpc) is 3.16. The zero-order valence-corrected chi connectivity index (χ0v) is 17.4. The summed E-state index contributed by atoms with van der Waals surface area (Å²) in [4.78, 5) is 28.8. The molecule has 0 saturated heterocycles. The van der Waals surface area contributed by atoms with E-state index in [2.05, 4.69) is 4.99 Å². The third-order valence-corrected chi connectivity index (χ3v) is 4.57. The number of hydrogen-bond donors (Lipinski definition) is 0. The molecule has 0 fully saturated rings. The minimum Gasteiger partial charge on any atom is -0.490 e. The van der Waals surface area contributed by atoms with Crippen LogP contribution in [0.3, 0.4) is 0 Å². The second-order valence-electron chi connectivity index (χ2n) is 6.88. The fraction of sp³-hybridized carbons (Fsp3) is 0.0800. The number of aliphatic imine (C=N–C) groups is 1. The van der Waals surface area contributed by atoms with E-state index in [9.17, 15) is 18.4 Å². The second kappa shape index (κ2) is 9.44. The molecule has 1 aliphatic rings. The predicted octanol–water partition coefficient (Wildman–Crippen LogP) is 4.93. The van der Waals surface area contributed by atoms with Gasteiger partial charge in [0.1, 0.15) is 11.6 Å². The van der Waals surface area contributed by atoms with E-state index in [4.69, 9.17) is 14.2 Å². The summed E-state index contributed by atoms with van der Waals surface area (Å²) >= 11 is 0. The lowest BCUT2D eigenvalue weighted by Crippen LogP contribution is -2.09. The summed E-state index contributed by atoms with van der Waals surface area (Å²) in [5, 5.41) is 0. The molecule has 0 spiro atoms. The molecule has 1 heterocycles. The van der Waals surface area contributed by atoms with Crippen molar-refractivity contribution in [2.45, 2.75) is 6.92 Å². The maximum Gasteiger partial charge on any atom is 0.363 e. The van der Waals surface area contributed by atoms with Gasteiger partial charge in [0.05, 0.1) is 12.2 Å². The van der Waals surface area contributed by atoms with Gasteiger partial charge in [-0.05, 0) is 79.2 Å². The Hall–Kier alpha value is -4.33. The smallest absolute Gasteiger partial charge is 0.363 e. The van der Waals surface area contributed by atoms with Crippen LogP contribution in [0.2, 0.25) is 0 Å². The van der Waals surface area contributed by atoms with Gasteiger partial charge in [0.2, 0.25) is 5.90 Å². The highest BCUT2D eigenvalue weighted by atomic mass is 19.1. The fourth-order valence-electron chi connectivity index (χ4n) is 2.99. The summed E-state index contributed by atoms with van der Waals surface area (Å²) in [6.07, 6.45) is 1.49. The van der Waals surface area contributed by atoms with Crippen LogP contribution < -0.4 is 9.47 Å². The molecule has 3 aromatic carbocycles. The Labute approximate surface area is 187 Å². The summed E-state index contributed by atoms with van der Waals surface area (Å²) in [5.74, 6) is -1.69. The Kier molecular flexibility index (Phi) is 6.26. The normalized spacial score (nSPS) is 14.1. The van der Waals surface area contributed by atoms with Gasteiger partial charge in [0.15, 0.2) is 17.2 Å². The van der Waals surface area contributed by atoms with Crippen LogP contribution in [0.25, 0.3) is 6.08 Å². The largest absolute Gasteiger partial charge is 0.490 e. The lowest BCUT2D eigenvalue weighted by atomic mass is 10.1. The second-order valence-corrected chi connectivity index (χ2v) is 6.88. The molecule has 0 saturated carbocycles. The van der Waals surface area contributed by atoms with Crippen molar-refractivity contribution in [1.82, 2.24) is 0 Å². The molecule has 0 atom stereocenters. The predicted molar refractivity (Wildman–Crippen MR) is 116 cm³/mol. The van der Waals surface area contributed by atoms with E-state index >= 15 is 0 Å². The van der Waals surface area contributed by atoms with Crippen LogP contribution in [-0.4, -0.2) is 24.4 Å². The molecular formula is C25H17F2NO5. The van der Waals surface area contributed by atoms with E-state index in [-0.39, 0.29) is 28.7 Å². The van der Waals surface area contributed by atoms with Crippen LogP contribution in [-0.2, 0) is 9.53 Å². The first-order valence-electron chi connectivity index (χ1n) is 9.96. The number of halogens is 2. The lowest BCUT2D eigenvalue weighted by molar-refractivity contribution is -0.129. The molecular weight excluding hydrogens is 432 g/mol. The van der Waals surface area contributed by atoms with Gasteiger partial charge in [0.25, 0.3) is 0 Å². The Balaban J connectivity index is 1.58. The van der Waals surface area contributed by atoms with Crippen LogP contribution >= 0.6 is 0 Å². The van der Waals surface area contributed by atoms with Crippen LogP contribution in [0, 0.1) is 11.6 Å². The lowest BCUT2D eigenvalue weighted by Gasteiger charge is -2.11. The highest BCUT2D eigenvalue weighted by molar-refractivity contribution is 6.12. The van der Waals surface area contributed by atoms with E-state index in [0.717, 1.165) is 12.1 Å². The molecule has 1 aliphatic heterocycles. The van der Waals surface area contributed by atoms with E-state index in [1.54, 1.807) is 19.1 Å². The maximum atomic E-state index is 13.1. The van der Waals surface area contributed by atoms with Crippen LogP contribution in [0.1, 0.15) is 28.4 Å². The summed E-state index contributed by atoms with van der Waals surface area (Å²) in [6.45, 7) is 2.07. The highest BCUT2D eigenvalue weighted by Crippen LogP contribution is 2.31. The molecule has 6 nitrogen and oxygen atoms in total. The molecule has 0 aliphatic carbocycles. The fourth-order valence-corrected chi connectivity index (χ4v) is 2.99. The van der Waals surface area contributed by atoms with E-state index < -0.39 is 23.6 Å². The average molecular weight is 449 g/mol. The van der Waals surface area contributed by atoms with Crippen molar-refractivity contribution >= 4 is 23.9 Å². The first-order chi connectivity index (χ1) is 15.9. The number of ether oxygens (including phenoxy) is 3. The molecule has 0 radical (unpaired) electrons. The molecule has 33 heavy (non-hydrogen) atoms. The Morgan fingerprint density at radius 3 is 2.30 bits per heavy atom. The van der Waals surface area contributed by atoms with Crippen molar-refractivity contribution < 1.29 is 32.6 Å². The van der Waals surface area contributed by atoms with Gasteiger partial charge in [-0.1, -0.05) is 6.07 Å². The van der Waals surface area contributed by atoms with Crippen LogP contribution in [0.4, 0.5) is 8.78 Å². The highest BCUT2D eigenvalue weighted by Gasteiger charge is 2.24. The summed E-state index contributed by atoms with van der Waals surface area (Å²) in [5.41, 5.74) is 1.25. The molecule has 0 bridgehead atoms. The van der Waals surface area contributed by atoms with Gasteiger partial charge in [-0.3, -0.25) is 0 Å². The molecule has 8 heteroatoms. The van der Waals surface area contributed by atoms with Gasteiger partial charge in [0, 0.05) is 5.56 Å². The molecule has 166 valence electrons. The van der Waals surface area contributed by atoms with Crippen molar-refractivity contribution in [1.29, 1.82) is 0 Å². The molecule has 0 amide bonds. The zero-order valence-electron chi connectivity index (χ0n) is 17.4. The van der Waals surface area contributed by atoms with Crippen molar-refractivity contribution in [3.8, 4) is 11.5 Å². The first-order valence-corrected chi connectivity index (χ1v) is 9.96. The zero-order chi connectivity index (χ0) is 23.4. The number of esters is 2. The number of nitrogens with zero attached hydrogens (tertiary/aromatic N) is 1. The Bertz CT molecular complexity index is 1260. The van der Waals surface area contributed by atoms with Gasteiger partial charge < -0.3 is 14.2 Å². The third-order valence-electron chi connectivity index (χ3n) is 4.57. The van der Waals surface area contributed by atoms with E-state index in [0.29, 0.717) is 17.7 Å². The Morgan fingerprint density at radius 2 is 1.64 bits per heavy atom. The number of carbonyl (C=O) groups is 2. The monoisotopic (exact) mass is 449 g/mol. The van der Waals surface area contributed by atoms with Crippen molar-refractivity contribution in [3.63, 3.8) is 0 Å². The summed E-state index contributed by atoms with van der Waals surface area (Å²) in [7, 11) is 0. The molecule has 3 aromatic rings. The molecule has 0 unspecified atom stereocenters. The number of rotatable bonds is 6. The van der Waals surface area contributed by atoms with Crippen LogP contribution in [0.5, 0.6) is 11.5 Å². The number of benzene rings is 3. The van der Waals surface area contributed by atoms with E-state index in [1.807, 2.05) is 0 Å². The topological polar surface area (TPSA) is 74.2 Å². The SMILES string of the molecule is CCOc1cc(/C=C2/N=C(c3ccc(F)cc3)OC2=O)ccc1OC(=O)c1ccc(F)cc1. The number of carbonyl (C=O) groups excluding carboxylic acids is 2. The summed E-state index contributed by atoms with van der Waals surface area (Å²) < 4.78 is 42.4. The maximum absolute atomic E-state index is 13.1. The number of hydrogen-bond acceptors (Lipinski definition) is 6. The summed E-state index contributed by atoms with van der Waals surface area (Å²) in [6, 6.07) is 15.1. The molecule has 0 N–H and O–H groups in total. The quantitative estimate of drug-likeness (QED) is 0.303. The molecule has 4 rings (SSSR count). The Morgan fingerprint density at radius 1 is 0.970 bits per heavy atom. The van der Waals surface area contributed by atoms with Gasteiger partial charge >= 0.3 is 11.9 Å². The number of cyclic esters (lactones) is 1. The van der Waals surface area contributed by atoms with Crippen molar-refractivity contribution in [2.24, 2.45) is 4.99 Å². The van der Waals surface area contributed by atoms with Crippen LogP contribution in [0.15, 0.2) is 77.4 Å². The van der Waals surface area contributed by atoms with Crippen molar-refractivity contribution in [2.75, 3.05) is 6.61 Å². The van der Waals surface area contributed by atoms with Gasteiger partial charge in [-0.15, -0.1) is 0 Å². The van der Waals surface area contributed by atoms with Gasteiger partial charge in [-0.25, -0.2) is 23.4 Å². The van der Waals surface area contributed by atoms with Gasteiger partial charge in [-0.2, -0.15) is 0 Å². The molecule has 0 aromatic heterocycles. The third kappa shape index (κ3) is 5.12. The van der Waals surface area contributed by atoms with E-state index in [1.165, 1.54) is 48.5 Å². The minimum absolute atomic E-state index is 0.0489. The first kappa shape index (κ1) is 21.9. The standard InChI is InChI=1S/C25H17F2NO5/c1-2-31-22-14-15(3-12-21(22)32-24(29)17-6-10-19(27)11-7-17)13-20-25(30)33-23(28-20)16-4-8-18(26)9-5-16/h3-14H,2H2,1H3/b20-13+. The van der Waals surface area contributed by atoms with Crippen molar-refractivity contribution in [3.05, 3.63) is 101 Å².